The van der Waals surface area contributed by atoms with Crippen molar-refractivity contribution in [2.45, 2.75) is 6.92 Å². The molecule has 1 rings (SSSR count). The van der Waals surface area contributed by atoms with Gasteiger partial charge in [0.2, 0.25) is 0 Å². The molecule has 0 heterocycles. The fourth-order valence-electron chi connectivity index (χ4n) is 1.14. The molecule has 0 amide bonds. The highest BCUT2D eigenvalue weighted by molar-refractivity contribution is 9.10. The van der Waals surface area contributed by atoms with Crippen LogP contribution in [0.1, 0.15) is 12.5 Å². The van der Waals surface area contributed by atoms with Crippen LogP contribution in [0, 0.1) is 0 Å². The molecule has 0 fully saturated rings. The average molecular weight is 284 g/mol. The Morgan fingerprint density at radius 2 is 1.94 bits per heavy atom. The van der Waals surface area contributed by atoms with Crippen LogP contribution >= 0.6 is 15.9 Å². The van der Waals surface area contributed by atoms with E-state index in [-0.39, 0.29) is 17.1 Å². The Morgan fingerprint density at radius 3 is 2.38 bits per heavy atom. The Kier molecular flexibility index (Phi) is 4.25. The molecule has 0 spiro atoms. The number of aliphatic hydroxyl groups excluding tert-OH is 1. The number of aliphatic hydroxyl groups is 1. The Hall–Kier alpha value is -1.62. The zero-order valence-corrected chi connectivity index (χ0v) is 10.1. The van der Waals surface area contributed by atoms with Crippen molar-refractivity contribution in [1.29, 1.82) is 0 Å². The molecule has 1 aromatic carbocycles. The maximum absolute atomic E-state index is 11.2. The number of ketones is 1. The number of nitrogens with zero attached hydrogens (tertiary/aromatic N) is 1. The highest BCUT2D eigenvalue weighted by Gasteiger charge is 2.10. The lowest BCUT2D eigenvalue weighted by atomic mass is 10.1. The zero-order valence-electron chi connectivity index (χ0n) is 8.51. The van der Waals surface area contributed by atoms with Crippen molar-refractivity contribution in [2.24, 2.45) is 5.16 Å². The first-order chi connectivity index (χ1) is 7.56. The lowest BCUT2D eigenvalue weighted by molar-refractivity contribution is -0.113. The van der Waals surface area contributed by atoms with E-state index in [9.17, 15) is 9.90 Å². The number of benzene rings is 1. The fraction of sp³-hybridized carbons (Fsp3) is 0.0909. The summed E-state index contributed by atoms with van der Waals surface area (Å²) in [4.78, 5) is 11.2. The number of allylic oxidation sites excluding steroid dienone is 1. The van der Waals surface area contributed by atoms with Crippen molar-refractivity contribution in [3.63, 3.8) is 0 Å². The van der Waals surface area contributed by atoms with Gasteiger partial charge in [-0.05, 0) is 19.1 Å². The topological polar surface area (TPSA) is 69.9 Å². The molecule has 0 aliphatic carbocycles. The average Bonchev–Trinajstić information content (AvgIpc) is 2.25. The highest BCUT2D eigenvalue weighted by atomic mass is 79.9. The molecular weight excluding hydrogens is 274 g/mol. The maximum Gasteiger partial charge on any atom is 0.165 e. The third-order valence-corrected chi connectivity index (χ3v) is 2.47. The molecule has 0 saturated carbocycles. The summed E-state index contributed by atoms with van der Waals surface area (Å²) >= 11 is 3.26. The molecule has 1 aromatic rings. The van der Waals surface area contributed by atoms with E-state index < -0.39 is 0 Å². The van der Waals surface area contributed by atoms with Crippen LogP contribution in [-0.2, 0) is 4.79 Å². The fourth-order valence-corrected chi connectivity index (χ4v) is 1.40. The molecule has 16 heavy (non-hydrogen) atoms. The van der Waals surface area contributed by atoms with E-state index in [1.54, 1.807) is 24.3 Å². The van der Waals surface area contributed by atoms with E-state index >= 15 is 0 Å². The van der Waals surface area contributed by atoms with Crippen molar-refractivity contribution >= 4 is 33.7 Å². The third kappa shape index (κ3) is 2.93. The summed E-state index contributed by atoms with van der Waals surface area (Å²) in [5.41, 5.74) is 0.443. The largest absolute Gasteiger partial charge is 0.507 e. The van der Waals surface area contributed by atoms with Crippen molar-refractivity contribution in [2.75, 3.05) is 0 Å². The van der Waals surface area contributed by atoms with E-state index in [0.717, 1.165) is 10.7 Å². The van der Waals surface area contributed by atoms with Gasteiger partial charge in [-0.2, -0.15) is 0 Å². The molecule has 2 N–H and O–H groups in total. The van der Waals surface area contributed by atoms with E-state index in [4.69, 9.17) is 5.21 Å². The highest BCUT2D eigenvalue weighted by Crippen LogP contribution is 2.18. The van der Waals surface area contributed by atoms with Gasteiger partial charge in [0.15, 0.2) is 5.78 Å². The molecule has 84 valence electrons. The van der Waals surface area contributed by atoms with Crippen molar-refractivity contribution in [3.05, 3.63) is 39.9 Å². The number of rotatable bonds is 3. The standard InChI is InChI=1S/C11H10BrNO3/c1-7(14)10(6-13-16)11(15)8-2-4-9(12)5-3-8/h2-6,15-16H,1H3/b11-10-,13-6+. The minimum absolute atomic E-state index is 0.0372. The predicted octanol–water partition coefficient (Wildman–Crippen LogP) is 2.77. The summed E-state index contributed by atoms with van der Waals surface area (Å²) in [6.07, 6.45) is 0.916. The maximum atomic E-state index is 11.2. The summed E-state index contributed by atoms with van der Waals surface area (Å²) in [6.45, 7) is 1.28. The van der Waals surface area contributed by atoms with Gasteiger partial charge >= 0.3 is 0 Å². The number of oxime groups is 1. The molecule has 0 aliphatic rings. The van der Waals surface area contributed by atoms with Crippen molar-refractivity contribution in [3.8, 4) is 0 Å². The molecule has 0 aliphatic heterocycles. The number of carbonyl (C=O) groups is 1. The predicted molar refractivity (Wildman–Crippen MR) is 64.7 cm³/mol. The molecule has 0 radical (unpaired) electrons. The van der Waals surface area contributed by atoms with Gasteiger partial charge in [-0.1, -0.05) is 33.2 Å². The van der Waals surface area contributed by atoms with E-state index in [1.165, 1.54) is 6.92 Å². The van der Waals surface area contributed by atoms with Gasteiger partial charge in [-0.15, -0.1) is 0 Å². The SMILES string of the molecule is CC(=O)C(/C=N/O)=C(\O)c1ccc(Br)cc1. The van der Waals surface area contributed by atoms with Gasteiger partial charge in [0.05, 0.1) is 11.8 Å². The lowest BCUT2D eigenvalue weighted by Crippen LogP contribution is -2.02. The first-order valence-electron chi connectivity index (χ1n) is 4.43. The van der Waals surface area contributed by atoms with Gasteiger partial charge in [-0.25, -0.2) is 0 Å². The minimum atomic E-state index is -0.377. The van der Waals surface area contributed by atoms with Gasteiger partial charge in [0.25, 0.3) is 0 Å². The second-order valence-electron chi connectivity index (χ2n) is 3.07. The summed E-state index contributed by atoms with van der Waals surface area (Å²) in [5.74, 6) is -0.587. The van der Waals surface area contributed by atoms with Crippen molar-refractivity contribution in [1.82, 2.24) is 0 Å². The van der Waals surface area contributed by atoms with Crippen LogP contribution < -0.4 is 0 Å². The monoisotopic (exact) mass is 283 g/mol. The summed E-state index contributed by atoms with van der Waals surface area (Å²) < 4.78 is 0.865. The summed E-state index contributed by atoms with van der Waals surface area (Å²) in [5, 5.41) is 21.0. The van der Waals surface area contributed by atoms with Crippen LogP contribution in [0.5, 0.6) is 0 Å². The number of Topliss-reactive ketones (excluding diaryl/α,β-unsaturated/α-hetero) is 1. The second kappa shape index (κ2) is 5.46. The van der Waals surface area contributed by atoms with Crippen LogP contribution in [0.25, 0.3) is 5.76 Å². The molecule has 5 heteroatoms. The molecule has 0 saturated heterocycles. The van der Waals surface area contributed by atoms with E-state index in [2.05, 4.69) is 21.1 Å². The van der Waals surface area contributed by atoms with Crippen LogP contribution in [0.3, 0.4) is 0 Å². The normalized spacial score (nSPS) is 12.6. The molecule has 0 unspecified atom stereocenters. The molecular formula is C11H10BrNO3. The number of carbonyl (C=O) groups excluding carboxylic acids is 1. The van der Waals surface area contributed by atoms with Crippen LogP contribution in [0.4, 0.5) is 0 Å². The zero-order chi connectivity index (χ0) is 12.1. The van der Waals surface area contributed by atoms with Crippen LogP contribution in [0.15, 0.2) is 39.5 Å². The Balaban J connectivity index is 3.23. The molecule has 0 atom stereocenters. The number of hydrogen-bond donors (Lipinski definition) is 2. The number of halogens is 1. The Morgan fingerprint density at radius 1 is 1.38 bits per heavy atom. The van der Waals surface area contributed by atoms with Crippen LogP contribution in [0.2, 0.25) is 0 Å². The first-order valence-corrected chi connectivity index (χ1v) is 5.23. The summed E-state index contributed by atoms with van der Waals surface area (Å²) in [7, 11) is 0. The third-order valence-electron chi connectivity index (χ3n) is 1.94. The molecule has 0 aromatic heterocycles. The Bertz CT molecular complexity index is 449. The minimum Gasteiger partial charge on any atom is -0.507 e. The smallest absolute Gasteiger partial charge is 0.165 e. The van der Waals surface area contributed by atoms with E-state index in [1.807, 2.05) is 0 Å². The van der Waals surface area contributed by atoms with Gasteiger partial charge < -0.3 is 10.3 Å². The number of hydrogen-bond acceptors (Lipinski definition) is 4. The first kappa shape index (κ1) is 12.4. The Labute approximate surface area is 101 Å². The van der Waals surface area contributed by atoms with Gasteiger partial charge in [0.1, 0.15) is 5.76 Å². The van der Waals surface area contributed by atoms with Crippen LogP contribution in [-0.4, -0.2) is 22.3 Å². The molecule has 0 bridgehead atoms. The van der Waals surface area contributed by atoms with Crippen molar-refractivity contribution < 1.29 is 15.1 Å². The van der Waals surface area contributed by atoms with Gasteiger partial charge in [-0.3, -0.25) is 4.79 Å². The lowest BCUT2D eigenvalue weighted by Gasteiger charge is -2.03. The second-order valence-corrected chi connectivity index (χ2v) is 3.99. The van der Waals surface area contributed by atoms with E-state index in [0.29, 0.717) is 5.56 Å². The molecule has 4 nitrogen and oxygen atoms in total. The summed E-state index contributed by atoms with van der Waals surface area (Å²) in [6, 6.07) is 6.76. The quantitative estimate of drug-likeness (QED) is 0.295. The van der Waals surface area contributed by atoms with Gasteiger partial charge in [0, 0.05) is 10.0 Å².